The van der Waals surface area contributed by atoms with Crippen LogP contribution in [-0.4, -0.2) is 44.8 Å². The second-order valence-corrected chi connectivity index (χ2v) is 6.44. The Bertz CT molecular complexity index is 733. The van der Waals surface area contributed by atoms with Crippen molar-refractivity contribution in [3.05, 3.63) is 53.9 Å². The number of nitrogens with zero attached hydrogens (tertiary/aromatic N) is 3. The molecule has 3 rings (SSSR count). The van der Waals surface area contributed by atoms with Crippen LogP contribution in [-0.2, 0) is 4.79 Å². The molecule has 1 atom stereocenters. The lowest BCUT2D eigenvalue weighted by Crippen LogP contribution is -2.41. The Morgan fingerprint density at radius 2 is 1.92 bits per heavy atom. The molecule has 1 aliphatic heterocycles. The monoisotopic (exact) mass is 341 g/mol. The molecular weight excluding hydrogens is 318 g/mol. The van der Waals surface area contributed by atoms with Gasteiger partial charge in [0.25, 0.3) is 0 Å². The third-order valence-electron chi connectivity index (χ3n) is 4.91. The molecule has 6 heteroatoms. The highest BCUT2D eigenvalue weighted by molar-refractivity contribution is 5.86. The second-order valence-electron chi connectivity index (χ2n) is 6.44. The van der Waals surface area contributed by atoms with Gasteiger partial charge in [0.15, 0.2) is 0 Å². The Morgan fingerprint density at radius 3 is 2.48 bits per heavy atom. The van der Waals surface area contributed by atoms with Crippen LogP contribution in [0.15, 0.2) is 42.7 Å². The fraction of sp³-hybridized carbons (Fsp3) is 0.421. The number of aromatic nitrogens is 2. The number of hydrogen-bond acceptors (Lipinski definition) is 3. The highest BCUT2D eigenvalue weighted by Gasteiger charge is 2.29. The summed E-state index contributed by atoms with van der Waals surface area (Å²) in [6, 6.07) is 10.1. The lowest BCUT2D eigenvalue weighted by atomic mass is 9.93. The topological polar surface area (TPSA) is 75.4 Å². The van der Waals surface area contributed by atoms with E-state index in [2.05, 4.69) is 5.10 Å². The molecule has 2 heterocycles. The van der Waals surface area contributed by atoms with E-state index in [1.807, 2.05) is 42.2 Å². The van der Waals surface area contributed by atoms with Crippen LogP contribution in [0.25, 0.3) is 0 Å². The summed E-state index contributed by atoms with van der Waals surface area (Å²) in [5, 5.41) is 13.2. The minimum absolute atomic E-state index is 0.0962. The predicted octanol–water partition coefficient (Wildman–Crippen LogP) is 2.94. The second kappa shape index (κ2) is 7.51. The van der Waals surface area contributed by atoms with E-state index in [4.69, 9.17) is 5.11 Å². The van der Waals surface area contributed by atoms with Gasteiger partial charge in [-0.15, -0.1) is 0 Å². The van der Waals surface area contributed by atoms with Crippen molar-refractivity contribution in [2.75, 3.05) is 13.1 Å². The zero-order valence-electron chi connectivity index (χ0n) is 14.3. The van der Waals surface area contributed by atoms with Gasteiger partial charge in [0.2, 0.25) is 5.91 Å². The maximum atomic E-state index is 12.9. The van der Waals surface area contributed by atoms with Gasteiger partial charge in [-0.25, -0.2) is 4.79 Å². The molecular formula is C19H23N3O3. The number of hydrogen-bond donors (Lipinski definition) is 1. The Labute approximate surface area is 147 Å². The first-order valence-electron chi connectivity index (χ1n) is 8.71. The quantitative estimate of drug-likeness (QED) is 0.907. The summed E-state index contributed by atoms with van der Waals surface area (Å²) in [6.07, 6.45) is 5.31. The van der Waals surface area contributed by atoms with Crippen LogP contribution in [0.3, 0.4) is 0 Å². The van der Waals surface area contributed by atoms with Crippen LogP contribution in [0.2, 0.25) is 0 Å². The summed E-state index contributed by atoms with van der Waals surface area (Å²) in [6.45, 7) is 3.39. The minimum Gasteiger partial charge on any atom is -0.478 e. The average Bonchev–Trinajstić information content (AvgIpc) is 3.14. The zero-order chi connectivity index (χ0) is 17.8. The fourth-order valence-electron chi connectivity index (χ4n) is 3.46. The number of carboxylic acids is 1. The molecule has 1 aliphatic rings. The lowest BCUT2D eigenvalue weighted by Gasteiger charge is -2.34. The van der Waals surface area contributed by atoms with Gasteiger partial charge >= 0.3 is 5.97 Å². The van der Waals surface area contributed by atoms with E-state index in [1.165, 1.54) is 6.20 Å². The number of benzene rings is 1. The number of amides is 1. The lowest BCUT2D eigenvalue weighted by molar-refractivity contribution is -0.134. The Morgan fingerprint density at radius 1 is 1.24 bits per heavy atom. The first-order chi connectivity index (χ1) is 12.1. The van der Waals surface area contributed by atoms with Crippen LogP contribution in [0, 0.1) is 0 Å². The van der Waals surface area contributed by atoms with Gasteiger partial charge < -0.3 is 10.0 Å². The van der Waals surface area contributed by atoms with E-state index in [9.17, 15) is 9.59 Å². The SMILES string of the molecule is CC[C@H](C(=O)N1CCC(n2cc(C(=O)O)cn2)CC1)c1ccccc1. The zero-order valence-corrected chi connectivity index (χ0v) is 14.3. The van der Waals surface area contributed by atoms with E-state index < -0.39 is 5.97 Å². The Hall–Kier alpha value is -2.63. The number of carbonyl (C=O) groups is 2. The molecule has 6 nitrogen and oxygen atoms in total. The van der Waals surface area contributed by atoms with Crippen LogP contribution >= 0.6 is 0 Å². The summed E-state index contributed by atoms with van der Waals surface area (Å²) < 4.78 is 1.72. The van der Waals surface area contributed by atoms with Gasteiger partial charge in [-0.3, -0.25) is 9.48 Å². The van der Waals surface area contributed by atoms with Crippen molar-refractivity contribution in [3.8, 4) is 0 Å². The van der Waals surface area contributed by atoms with Crippen molar-refractivity contribution in [1.29, 1.82) is 0 Å². The third kappa shape index (κ3) is 3.73. The fourth-order valence-corrected chi connectivity index (χ4v) is 3.46. The standard InChI is InChI=1S/C19H23N3O3/c1-2-17(14-6-4-3-5-7-14)18(23)21-10-8-16(9-11-21)22-13-15(12-20-22)19(24)25/h3-7,12-13,16-17H,2,8-11H2,1H3,(H,24,25)/t17-/m0/s1. The van der Waals surface area contributed by atoms with E-state index in [0.29, 0.717) is 13.1 Å². The predicted molar refractivity (Wildman–Crippen MR) is 93.5 cm³/mol. The molecule has 1 fully saturated rings. The Balaban J connectivity index is 1.63. The normalized spacial score (nSPS) is 16.6. The minimum atomic E-state index is -0.965. The van der Waals surface area contributed by atoms with E-state index in [-0.39, 0.29) is 23.4 Å². The molecule has 1 aromatic carbocycles. The smallest absolute Gasteiger partial charge is 0.338 e. The molecule has 1 amide bonds. The van der Waals surface area contributed by atoms with Gasteiger partial charge in [0, 0.05) is 19.3 Å². The van der Waals surface area contributed by atoms with Crippen molar-refractivity contribution in [2.24, 2.45) is 0 Å². The number of carboxylic acid groups (broad SMARTS) is 1. The van der Waals surface area contributed by atoms with E-state index in [0.717, 1.165) is 24.8 Å². The molecule has 0 aliphatic carbocycles. The van der Waals surface area contributed by atoms with E-state index >= 15 is 0 Å². The molecule has 0 spiro atoms. The first kappa shape index (κ1) is 17.2. The van der Waals surface area contributed by atoms with Crippen molar-refractivity contribution in [3.63, 3.8) is 0 Å². The first-order valence-corrected chi connectivity index (χ1v) is 8.71. The molecule has 1 saturated heterocycles. The molecule has 1 N–H and O–H groups in total. The summed E-state index contributed by atoms with van der Waals surface area (Å²) >= 11 is 0. The van der Waals surface area contributed by atoms with Crippen molar-refractivity contribution in [2.45, 2.75) is 38.1 Å². The largest absolute Gasteiger partial charge is 0.478 e. The molecule has 25 heavy (non-hydrogen) atoms. The van der Waals surface area contributed by atoms with Gasteiger partial charge in [0.05, 0.1) is 23.7 Å². The molecule has 1 aromatic heterocycles. The molecule has 0 bridgehead atoms. The third-order valence-corrected chi connectivity index (χ3v) is 4.91. The highest BCUT2D eigenvalue weighted by Crippen LogP contribution is 2.27. The number of likely N-dealkylation sites (tertiary alicyclic amines) is 1. The number of carbonyl (C=O) groups excluding carboxylic acids is 1. The molecule has 0 unspecified atom stereocenters. The van der Waals surface area contributed by atoms with Crippen LogP contribution < -0.4 is 0 Å². The number of piperidine rings is 1. The van der Waals surface area contributed by atoms with Crippen LogP contribution in [0.1, 0.15) is 54.1 Å². The van der Waals surface area contributed by atoms with Crippen molar-refractivity contribution < 1.29 is 14.7 Å². The summed E-state index contributed by atoms with van der Waals surface area (Å²) in [5.74, 6) is -0.882. The van der Waals surface area contributed by atoms with E-state index in [1.54, 1.807) is 10.9 Å². The molecule has 132 valence electrons. The number of aromatic carboxylic acids is 1. The van der Waals surface area contributed by atoms with Gasteiger partial charge in [-0.05, 0) is 24.8 Å². The van der Waals surface area contributed by atoms with Gasteiger partial charge in [0.1, 0.15) is 0 Å². The van der Waals surface area contributed by atoms with Gasteiger partial charge in [-0.2, -0.15) is 5.10 Å². The summed E-state index contributed by atoms with van der Waals surface area (Å²) in [4.78, 5) is 25.8. The average molecular weight is 341 g/mol. The summed E-state index contributed by atoms with van der Waals surface area (Å²) in [7, 11) is 0. The van der Waals surface area contributed by atoms with Crippen LogP contribution in [0.4, 0.5) is 0 Å². The molecule has 0 saturated carbocycles. The Kier molecular flexibility index (Phi) is 5.16. The molecule has 2 aromatic rings. The van der Waals surface area contributed by atoms with Gasteiger partial charge in [-0.1, -0.05) is 37.3 Å². The maximum Gasteiger partial charge on any atom is 0.338 e. The van der Waals surface area contributed by atoms with Crippen molar-refractivity contribution >= 4 is 11.9 Å². The van der Waals surface area contributed by atoms with Crippen LogP contribution in [0.5, 0.6) is 0 Å². The maximum absolute atomic E-state index is 12.9. The highest BCUT2D eigenvalue weighted by atomic mass is 16.4. The van der Waals surface area contributed by atoms with Crippen molar-refractivity contribution in [1.82, 2.24) is 14.7 Å². The summed E-state index contributed by atoms with van der Waals surface area (Å²) in [5.41, 5.74) is 1.27. The number of rotatable bonds is 5. The molecule has 0 radical (unpaired) electrons.